The fourth-order valence-electron chi connectivity index (χ4n) is 3.30. The van der Waals surface area contributed by atoms with Crippen molar-refractivity contribution in [1.82, 2.24) is 0 Å². The Morgan fingerprint density at radius 2 is 1.73 bits per heavy atom. The van der Waals surface area contributed by atoms with Gasteiger partial charge in [-0.1, -0.05) is 83.3 Å². The zero-order valence-corrected chi connectivity index (χ0v) is 18.9. The molecular weight excluding hydrogens is 472 g/mol. The van der Waals surface area contributed by atoms with Crippen molar-refractivity contribution in [3.63, 3.8) is 0 Å². The SMILES string of the molecule is O=[P@@]1(Oc2ccccc2)C[C@@H]2N=C(C(Cl)(Cl)Cl)OC2[C@@H](COCc2ccccc2)O1. The molecule has 1 unspecified atom stereocenters. The Morgan fingerprint density at radius 1 is 1.07 bits per heavy atom. The molecule has 1 fully saturated rings. The summed E-state index contributed by atoms with van der Waals surface area (Å²) >= 11 is 17.8. The van der Waals surface area contributed by atoms with Crippen molar-refractivity contribution in [3.8, 4) is 5.75 Å². The molecular formula is C20H19Cl3NO5P. The Morgan fingerprint density at radius 3 is 2.40 bits per heavy atom. The van der Waals surface area contributed by atoms with E-state index in [1.54, 1.807) is 24.3 Å². The third-order valence-corrected chi connectivity index (χ3v) is 6.99. The molecule has 0 radical (unpaired) electrons. The van der Waals surface area contributed by atoms with E-state index < -0.39 is 29.6 Å². The highest BCUT2D eigenvalue weighted by molar-refractivity contribution is 7.54. The summed E-state index contributed by atoms with van der Waals surface area (Å²) in [6.07, 6.45) is -1.30. The van der Waals surface area contributed by atoms with Gasteiger partial charge >= 0.3 is 7.60 Å². The number of hydrogen-bond donors (Lipinski definition) is 0. The average molecular weight is 491 g/mol. The fraction of sp³-hybridized carbons (Fsp3) is 0.350. The molecule has 2 aliphatic heterocycles. The second kappa shape index (κ2) is 9.07. The van der Waals surface area contributed by atoms with E-state index in [0.29, 0.717) is 12.4 Å². The number of benzene rings is 2. The normalized spacial score (nSPS) is 28.4. The minimum atomic E-state index is -3.55. The molecule has 0 aliphatic carbocycles. The van der Waals surface area contributed by atoms with Crippen molar-refractivity contribution < 1.29 is 23.1 Å². The van der Waals surface area contributed by atoms with Crippen LogP contribution in [-0.4, -0.2) is 40.7 Å². The fourth-order valence-corrected chi connectivity index (χ4v) is 5.57. The lowest BCUT2D eigenvalue weighted by atomic mass is 10.1. The van der Waals surface area contributed by atoms with Gasteiger partial charge in [-0.3, -0.25) is 4.52 Å². The van der Waals surface area contributed by atoms with Crippen LogP contribution in [0.3, 0.4) is 0 Å². The van der Waals surface area contributed by atoms with Gasteiger partial charge in [-0.15, -0.1) is 0 Å². The molecule has 0 aromatic heterocycles. The molecule has 10 heteroatoms. The first kappa shape index (κ1) is 21.9. The van der Waals surface area contributed by atoms with Crippen molar-refractivity contribution >= 4 is 48.3 Å². The van der Waals surface area contributed by atoms with E-state index in [9.17, 15) is 4.57 Å². The molecule has 2 aromatic carbocycles. The zero-order valence-electron chi connectivity index (χ0n) is 15.7. The van der Waals surface area contributed by atoms with Crippen LogP contribution in [0.1, 0.15) is 5.56 Å². The topological polar surface area (TPSA) is 66.4 Å². The molecule has 160 valence electrons. The van der Waals surface area contributed by atoms with Gasteiger partial charge in [-0.25, -0.2) is 9.56 Å². The van der Waals surface area contributed by atoms with E-state index in [2.05, 4.69) is 4.99 Å². The largest absolute Gasteiger partial charge is 0.469 e. The Balaban J connectivity index is 1.50. The summed E-state index contributed by atoms with van der Waals surface area (Å²) in [5, 5.41) is 0. The summed E-state index contributed by atoms with van der Waals surface area (Å²) in [7, 11) is -3.55. The molecule has 2 heterocycles. The quantitative estimate of drug-likeness (QED) is 0.400. The number of nitrogens with zero attached hydrogens (tertiary/aromatic N) is 1. The van der Waals surface area contributed by atoms with Crippen LogP contribution in [0.25, 0.3) is 0 Å². The van der Waals surface area contributed by atoms with E-state index in [1.165, 1.54) is 0 Å². The first-order valence-electron chi connectivity index (χ1n) is 9.28. The van der Waals surface area contributed by atoms with Crippen molar-refractivity contribution in [2.75, 3.05) is 12.8 Å². The van der Waals surface area contributed by atoms with Crippen molar-refractivity contribution in [2.24, 2.45) is 4.99 Å². The molecule has 0 bridgehead atoms. The van der Waals surface area contributed by atoms with Crippen LogP contribution in [0.15, 0.2) is 65.7 Å². The molecule has 4 atom stereocenters. The van der Waals surface area contributed by atoms with Gasteiger partial charge in [-0.05, 0) is 17.7 Å². The summed E-state index contributed by atoms with van der Waals surface area (Å²) in [5.41, 5.74) is 0.999. The molecule has 0 amide bonds. The van der Waals surface area contributed by atoms with Gasteiger partial charge in [0.25, 0.3) is 3.79 Å². The number of halogens is 3. The summed E-state index contributed by atoms with van der Waals surface area (Å²) in [4.78, 5) is 4.35. The Labute approximate surface area is 189 Å². The highest BCUT2D eigenvalue weighted by atomic mass is 35.6. The van der Waals surface area contributed by atoms with Gasteiger partial charge in [0.15, 0.2) is 6.10 Å². The first-order valence-corrected chi connectivity index (χ1v) is 12.1. The summed E-state index contributed by atoms with van der Waals surface area (Å²) in [6, 6.07) is 18.0. The predicted octanol–water partition coefficient (Wildman–Crippen LogP) is 5.41. The maximum atomic E-state index is 13.4. The van der Waals surface area contributed by atoms with Crippen LogP contribution in [0.5, 0.6) is 5.75 Å². The van der Waals surface area contributed by atoms with Gasteiger partial charge in [0.2, 0.25) is 5.90 Å². The summed E-state index contributed by atoms with van der Waals surface area (Å²) in [5.74, 6) is 0.389. The molecule has 1 saturated heterocycles. The van der Waals surface area contributed by atoms with E-state index >= 15 is 0 Å². The number of aliphatic imine (C=N–C) groups is 1. The molecule has 0 saturated carbocycles. The van der Waals surface area contributed by atoms with Crippen LogP contribution in [0.2, 0.25) is 0 Å². The number of alkyl halides is 3. The smallest absolute Gasteiger partial charge is 0.381 e. The Kier molecular flexibility index (Phi) is 6.64. The molecule has 30 heavy (non-hydrogen) atoms. The minimum absolute atomic E-state index is 0.00595. The van der Waals surface area contributed by atoms with Crippen LogP contribution < -0.4 is 4.52 Å². The minimum Gasteiger partial charge on any atom is -0.469 e. The third-order valence-electron chi connectivity index (χ3n) is 4.61. The second-order valence-electron chi connectivity index (χ2n) is 6.92. The van der Waals surface area contributed by atoms with Crippen molar-refractivity contribution in [3.05, 3.63) is 66.2 Å². The third kappa shape index (κ3) is 5.31. The van der Waals surface area contributed by atoms with Gasteiger partial charge < -0.3 is 14.0 Å². The molecule has 0 N–H and O–H groups in total. The van der Waals surface area contributed by atoms with Gasteiger partial charge in [-0.2, -0.15) is 0 Å². The number of fused-ring (bicyclic) bond motifs is 1. The zero-order chi connectivity index (χ0) is 21.2. The monoisotopic (exact) mass is 489 g/mol. The van der Waals surface area contributed by atoms with Gasteiger partial charge in [0.1, 0.15) is 17.9 Å². The predicted molar refractivity (Wildman–Crippen MR) is 117 cm³/mol. The molecule has 2 aliphatic rings. The van der Waals surface area contributed by atoms with E-state index in [0.717, 1.165) is 5.56 Å². The van der Waals surface area contributed by atoms with Crippen LogP contribution in [0.4, 0.5) is 0 Å². The maximum Gasteiger partial charge on any atom is 0.381 e. The average Bonchev–Trinajstić information content (AvgIpc) is 3.13. The molecule has 0 spiro atoms. The first-order chi connectivity index (χ1) is 14.3. The number of ether oxygens (including phenoxy) is 2. The van der Waals surface area contributed by atoms with Gasteiger partial charge in [0, 0.05) is 0 Å². The lowest BCUT2D eigenvalue weighted by Crippen LogP contribution is -2.46. The molecule has 2 aromatic rings. The lowest BCUT2D eigenvalue weighted by molar-refractivity contribution is -0.0350. The second-order valence-corrected chi connectivity index (χ2v) is 11.2. The number of hydrogen-bond acceptors (Lipinski definition) is 6. The molecule has 6 nitrogen and oxygen atoms in total. The Bertz CT molecular complexity index is 938. The van der Waals surface area contributed by atoms with E-state index in [1.807, 2.05) is 36.4 Å². The Hall–Kier alpha value is -1.27. The lowest BCUT2D eigenvalue weighted by Gasteiger charge is -2.35. The molecule has 4 rings (SSSR count). The van der Waals surface area contributed by atoms with Crippen molar-refractivity contribution in [2.45, 2.75) is 28.6 Å². The van der Waals surface area contributed by atoms with E-state index in [4.69, 9.17) is 53.3 Å². The standard InChI is InChI=1S/C20H19Cl3NO5P/c21-20(22,23)19-24-16-13-30(25,28-15-9-5-2-6-10-15)29-17(18(16)27-19)12-26-11-14-7-3-1-4-8-14/h1-10,16-18H,11-13H2/t16-,17+,18?,30+/m0/s1. The van der Waals surface area contributed by atoms with Crippen molar-refractivity contribution in [1.29, 1.82) is 0 Å². The van der Waals surface area contributed by atoms with Crippen LogP contribution >= 0.6 is 42.4 Å². The van der Waals surface area contributed by atoms with E-state index in [-0.39, 0.29) is 18.7 Å². The summed E-state index contributed by atoms with van der Waals surface area (Å²) < 4.78 is 34.8. The maximum absolute atomic E-state index is 13.4. The summed E-state index contributed by atoms with van der Waals surface area (Å²) in [6.45, 7) is 0.473. The van der Waals surface area contributed by atoms with Crippen LogP contribution in [0, 0.1) is 0 Å². The number of rotatable bonds is 6. The van der Waals surface area contributed by atoms with Gasteiger partial charge in [0.05, 0.1) is 19.4 Å². The van der Waals surface area contributed by atoms with Crippen LogP contribution in [-0.2, 0) is 25.2 Å². The number of para-hydroxylation sites is 1. The highest BCUT2D eigenvalue weighted by Gasteiger charge is 2.53. The highest BCUT2D eigenvalue weighted by Crippen LogP contribution is 2.55.